The van der Waals surface area contributed by atoms with Crippen LogP contribution in [-0.2, 0) is 9.53 Å². The van der Waals surface area contributed by atoms with Crippen molar-refractivity contribution in [2.24, 2.45) is 4.99 Å². The number of carbonyl (C=O) groups is 1. The van der Waals surface area contributed by atoms with Crippen LogP contribution in [0.4, 0.5) is 8.78 Å². The van der Waals surface area contributed by atoms with Gasteiger partial charge >= 0.3 is 0 Å². The molecular formula is C18H28F2N2O2. The lowest BCUT2D eigenvalue weighted by Crippen LogP contribution is -2.36. The fourth-order valence-electron chi connectivity index (χ4n) is 2.51. The minimum absolute atomic E-state index is 0.0213. The van der Waals surface area contributed by atoms with Gasteiger partial charge < -0.3 is 9.64 Å². The molecule has 0 spiro atoms. The zero-order valence-electron chi connectivity index (χ0n) is 15.0. The molecule has 4 nitrogen and oxygen atoms in total. The first kappa shape index (κ1) is 20.5. The highest BCUT2D eigenvalue weighted by Crippen LogP contribution is 2.23. The van der Waals surface area contributed by atoms with Gasteiger partial charge in [-0.15, -0.1) is 0 Å². The maximum absolute atomic E-state index is 13.4. The predicted octanol–water partition coefficient (Wildman–Crippen LogP) is 3.98. The van der Waals surface area contributed by atoms with Gasteiger partial charge in [-0.05, 0) is 39.2 Å². The fourth-order valence-corrected chi connectivity index (χ4v) is 2.51. The van der Waals surface area contributed by atoms with Gasteiger partial charge in [0.05, 0.1) is 6.10 Å². The Balaban J connectivity index is 2.68. The number of Topliss-reactive ketones (excluding diaryl/α,β-unsaturated/α-hetero) is 1. The van der Waals surface area contributed by atoms with Crippen molar-refractivity contribution in [3.05, 3.63) is 23.5 Å². The topological polar surface area (TPSA) is 41.9 Å². The Morgan fingerprint density at radius 2 is 2.00 bits per heavy atom. The molecule has 0 saturated carbocycles. The molecule has 0 aromatic heterocycles. The molecule has 0 aliphatic carbocycles. The summed E-state index contributed by atoms with van der Waals surface area (Å²) in [7, 11) is 0. The average molecular weight is 342 g/mol. The molecule has 1 heterocycles. The SMILES string of the molecule is C\C=C(/C=N\C(=C\CC)N1CCC(OCC(C)=O)CC1)C(C)(F)F. The van der Waals surface area contributed by atoms with Gasteiger partial charge in [0.1, 0.15) is 12.4 Å². The minimum atomic E-state index is -2.90. The summed E-state index contributed by atoms with van der Waals surface area (Å²) < 4.78 is 32.4. The van der Waals surface area contributed by atoms with Crippen LogP contribution >= 0.6 is 0 Å². The van der Waals surface area contributed by atoms with E-state index in [-0.39, 0.29) is 24.1 Å². The van der Waals surface area contributed by atoms with Gasteiger partial charge in [0.25, 0.3) is 5.92 Å². The van der Waals surface area contributed by atoms with Gasteiger partial charge in [0.15, 0.2) is 5.78 Å². The van der Waals surface area contributed by atoms with E-state index in [9.17, 15) is 13.6 Å². The highest BCUT2D eigenvalue weighted by molar-refractivity contribution is 5.81. The Hall–Kier alpha value is -1.56. The van der Waals surface area contributed by atoms with Gasteiger partial charge in [0.2, 0.25) is 0 Å². The first-order chi connectivity index (χ1) is 11.3. The van der Waals surface area contributed by atoms with E-state index in [1.54, 1.807) is 6.92 Å². The number of piperidine rings is 1. The zero-order valence-corrected chi connectivity index (χ0v) is 15.0. The maximum atomic E-state index is 13.4. The van der Waals surface area contributed by atoms with E-state index in [1.165, 1.54) is 19.2 Å². The number of likely N-dealkylation sites (tertiary alicyclic amines) is 1. The number of rotatable bonds is 8. The van der Waals surface area contributed by atoms with Gasteiger partial charge in [-0.3, -0.25) is 4.79 Å². The second kappa shape index (κ2) is 9.67. The molecule has 0 unspecified atom stereocenters. The lowest BCUT2D eigenvalue weighted by Gasteiger charge is -2.33. The summed E-state index contributed by atoms with van der Waals surface area (Å²) in [6, 6.07) is 0. The summed E-state index contributed by atoms with van der Waals surface area (Å²) in [6.07, 6.45) is 7.02. The number of aliphatic imine (C=N–C) groups is 1. The van der Waals surface area contributed by atoms with E-state index in [0.717, 1.165) is 39.3 Å². The first-order valence-electron chi connectivity index (χ1n) is 8.42. The summed E-state index contributed by atoms with van der Waals surface area (Å²) >= 11 is 0. The summed E-state index contributed by atoms with van der Waals surface area (Å²) in [5.41, 5.74) is -0.0934. The van der Waals surface area contributed by atoms with Crippen LogP contribution in [-0.4, -0.2) is 48.6 Å². The second-order valence-electron chi connectivity index (χ2n) is 6.06. The van der Waals surface area contributed by atoms with Crippen molar-refractivity contribution in [2.45, 2.75) is 59.0 Å². The van der Waals surface area contributed by atoms with Crippen LogP contribution < -0.4 is 0 Å². The zero-order chi connectivity index (χ0) is 18.2. The monoisotopic (exact) mass is 342 g/mol. The lowest BCUT2D eigenvalue weighted by atomic mass is 10.1. The van der Waals surface area contributed by atoms with E-state index >= 15 is 0 Å². The van der Waals surface area contributed by atoms with Gasteiger partial charge in [-0.1, -0.05) is 13.0 Å². The molecule has 1 saturated heterocycles. The molecule has 1 rings (SSSR count). The molecule has 0 N–H and O–H groups in total. The number of alkyl halides is 2. The fraction of sp³-hybridized carbons (Fsp3) is 0.667. The van der Waals surface area contributed by atoms with E-state index in [4.69, 9.17) is 4.74 Å². The molecule has 24 heavy (non-hydrogen) atoms. The van der Waals surface area contributed by atoms with Crippen LogP contribution in [0.25, 0.3) is 0 Å². The molecule has 0 aromatic carbocycles. The number of hydrogen-bond acceptors (Lipinski definition) is 4. The van der Waals surface area contributed by atoms with Crippen LogP contribution in [0.1, 0.15) is 47.0 Å². The van der Waals surface area contributed by atoms with E-state index in [0.29, 0.717) is 5.82 Å². The molecule has 1 fully saturated rings. The highest BCUT2D eigenvalue weighted by atomic mass is 19.3. The Bertz CT molecular complexity index is 500. The van der Waals surface area contributed by atoms with Gasteiger partial charge in [-0.2, -0.15) is 0 Å². The Morgan fingerprint density at radius 3 is 2.46 bits per heavy atom. The van der Waals surface area contributed by atoms with Gasteiger partial charge in [-0.25, -0.2) is 13.8 Å². The third-order valence-electron chi connectivity index (χ3n) is 3.83. The lowest BCUT2D eigenvalue weighted by molar-refractivity contribution is -0.124. The molecule has 0 atom stereocenters. The smallest absolute Gasteiger partial charge is 0.271 e. The second-order valence-corrected chi connectivity index (χ2v) is 6.06. The summed E-state index contributed by atoms with van der Waals surface area (Å²) in [6.45, 7) is 7.57. The molecule has 1 aliphatic heterocycles. The number of ether oxygens (including phenoxy) is 1. The first-order valence-corrected chi connectivity index (χ1v) is 8.42. The van der Waals surface area contributed by atoms with Crippen LogP contribution in [0, 0.1) is 0 Å². The third kappa shape index (κ3) is 6.91. The predicted molar refractivity (Wildman–Crippen MR) is 92.5 cm³/mol. The van der Waals surface area contributed by atoms with Crippen molar-refractivity contribution in [3.8, 4) is 0 Å². The third-order valence-corrected chi connectivity index (χ3v) is 3.83. The van der Waals surface area contributed by atoms with Crippen molar-refractivity contribution < 1.29 is 18.3 Å². The minimum Gasteiger partial charge on any atom is -0.370 e. The Labute approximate surface area is 143 Å². The number of nitrogens with zero attached hydrogens (tertiary/aromatic N) is 2. The molecule has 0 amide bonds. The number of carbonyl (C=O) groups excluding carboxylic acids is 1. The van der Waals surface area contributed by atoms with Crippen LogP contribution in [0.3, 0.4) is 0 Å². The number of hydrogen-bond donors (Lipinski definition) is 0. The van der Waals surface area contributed by atoms with Crippen molar-refractivity contribution in [3.63, 3.8) is 0 Å². The molecule has 0 radical (unpaired) electrons. The number of ketones is 1. The largest absolute Gasteiger partial charge is 0.370 e. The highest BCUT2D eigenvalue weighted by Gasteiger charge is 2.26. The van der Waals surface area contributed by atoms with Crippen LogP contribution in [0.15, 0.2) is 28.5 Å². The Morgan fingerprint density at radius 1 is 1.38 bits per heavy atom. The summed E-state index contributed by atoms with van der Waals surface area (Å²) in [5, 5.41) is 0. The molecule has 6 heteroatoms. The quantitative estimate of drug-likeness (QED) is 0.627. The standard InChI is InChI=1S/C18H28F2N2O2/c1-5-7-17(21-12-15(6-2)18(4,19)20)22-10-8-16(9-11-22)24-13-14(3)23/h6-7,12,16H,5,8-11,13H2,1-4H3/b15-6+,17-7-,21-12-. The summed E-state index contributed by atoms with van der Waals surface area (Å²) in [5.74, 6) is -2.16. The molecular weight excluding hydrogens is 314 g/mol. The van der Waals surface area contributed by atoms with E-state index in [2.05, 4.69) is 9.89 Å². The number of allylic oxidation sites excluding steroid dienone is 3. The summed E-state index contributed by atoms with van der Waals surface area (Å²) in [4.78, 5) is 17.3. The number of halogens is 2. The Kier molecular flexibility index (Phi) is 8.25. The maximum Gasteiger partial charge on any atom is 0.271 e. The van der Waals surface area contributed by atoms with Gasteiger partial charge in [0, 0.05) is 31.8 Å². The molecule has 136 valence electrons. The van der Waals surface area contributed by atoms with Crippen LogP contribution in [0.5, 0.6) is 0 Å². The molecule has 0 aromatic rings. The normalized spacial score (nSPS) is 18.5. The van der Waals surface area contributed by atoms with Crippen LogP contribution in [0.2, 0.25) is 0 Å². The average Bonchev–Trinajstić information content (AvgIpc) is 2.51. The van der Waals surface area contributed by atoms with Crippen molar-refractivity contribution in [1.82, 2.24) is 4.90 Å². The molecule has 0 bridgehead atoms. The van der Waals surface area contributed by atoms with Crippen molar-refractivity contribution in [1.29, 1.82) is 0 Å². The molecule has 1 aliphatic rings. The van der Waals surface area contributed by atoms with E-state index < -0.39 is 5.92 Å². The van der Waals surface area contributed by atoms with Crippen molar-refractivity contribution >= 4 is 12.0 Å². The van der Waals surface area contributed by atoms with Crippen molar-refractivity contribution in [2.75, 3.05) is 19.7 Å². The van der Waals surface area contributed by atoms with E-state index in [1.807, 2.05) is 13.0 Å².